The Morgan fingerprint density at radius 3 is 2.36 bits per heavy atom. The van der Waals surface area contributed by atoms with Crippen molar-refractivity contribution in [2.24, 2.45) is 0 Å². The number of ketones is 1. The summed E-state index contributed by atoms with van der Waals surface area (Å²) >= 11 is 0. The van der Waals surface area contributed by atoms with Crippen LogP contribution >= 0.6 is 0 Å². The molecule has 4 amide bonds. The second-order valence-corrected chi connectivity index (χ2v) is 12.2. The van der Waals surface area contributed by atoms with Gasteiger partial charge in [-0.05, 0) is 56.7 Å². The molecule has 1 saturated carbocycles. The van der Waals surface area contributed by atoms with E-state index in [1.807, 2.05) is 32.0 Å². The fourth-order valence-corrected chi connectivity index (χ4v) is 5.58. The number of nitrogens with zero attached hydrogens (tertiary/aromatic N) is 1. The molecule has 11 heteroatoms. The van der Waals surface area contributed by atoms with Crippen molar-refractivity contribution in [3.05, 3.63) is 42.5 Å². The fraction of sp³-hybridized carbons (Fsp3) is 0.639. The first-order chi connectivity index (χ1) is 22.7. The first-order valence-electron chi connectivity index (χ1n) is 17.2. The van der Waals surface area contributed by atoms with Gasteiger partial charge in [-0.3, -0.25) is 24.0 Å². The molecule has 0 bridgehead atoms. The third-order valence-electron chi connectivity index (χ3n) is 8.34. The van der Waals surface area contributed by atoms with Gasteiger partial charge in [0, 0.05) is 20.2 Å². The third-order valence-corrected chi connectivity index (χ3v) is 8.34. The van der Waals surface area contributed by atoms with Gasteiger partial charge in [-0.25, -0.2) is 0 Å². The summed E-state index contributed by atoms with van der Waals surface area (Å²) < 4.78 is 11.0. The van der Waals surface area contributed by atoms with Crippen LogP contribution in [-0.2, 0) is 35.1 Å². The Morgan fingerprint density at radius 1 is 1.02 bits per heavy atom. The molecule has 1 aliphatic carbocycles. The van der Waals surface area contributed by atoms with Crippen molar-refractivity contribution in [3.63, 3.8) is 0 Å². The summed E-state index contributed by atoms with van der Waals surface area (Å²) in [6.45, 7) is 8.14. The maximum absolute atomic E-state index is 13.0. The van der Waals surface area contributed by atoms with E-state index in [1.54, 1.807) is 13.2 Å². The number of Topliss-reactive ketones (excluding diaryl/α,β-unsaturated/α-hetero) is 1. The molecule has 0 aromatic heterocycles. The maximum atomic E-state index is 13.0. The van der Waals surface area contributed by atoms with Crippen LogP contribution in [0.5, 0.6) is 5.75 Å². The minimum Gasteiger partial charge on any atom is -0.494 e. The molecule has 3 unspecified atom stereocenters. The van der Waals surface area contributed by atoms with Gasteiger partial charge in [0.2, 0.25) is 23.5 Å². The summed E-state index contributed by atoms with van der Waals surface area (Å²) in [6.07, 6.45) is 14.3. The second kappa shape index (κ2) is 22.7. The van der Waals surface area contributed by atoms with Crippen LogP contribution in [0.15, 0.2) is 36.9 Å². The van der Waals surface area contributed by atoms with Gasteiger partial charge in [-0.2, -0.15) is 0 Å². The zero-order chi connectivity index (χ0) is 34.4. The van der Waals surface area contributed by atoms with E-state index in [1.165, 1.54) is 49.5 Å². The number of nitrogens with one attached hydrogen (secondary N) is 3. The predicted octanol–water partition coefficient (Wildman–Crippen LogP) is 4.03. The van der Waals surface area contributed by atoms with Crippen LogP contribution in [0.25, 0.3) is 0 Å². The average Bonchev–Trinajstić information content (AvgIpc) is 3.59. The normalized spacial score (nSPS) is 16.9. The number of hydrogen-bond acceptors (Lipinski definition) is 7. The van der Waals surface area contributed by atoms with Gasteiger partial charge < -0.3 is 30.3 Å². The van der Waals surface area contributed by atoms with E-state index in [4.69, 9.17) is 9.47 Å². The Bertz CT molecular complexity index is 1140. The second-order valence-electron chi connectivity index (χ2n) is 12.2. The summed E-state index contributed by atoms with van der Waals surface area (Å²) in [4.78, 5) is 64.6. The molecule has 0 spiro atoms. The molecule has 1 heterocycles. The van der Waals surface area contributed by atoms with Crippen LogP contribution < -0.4 is 20.7 Å². The molecule has 2 fully saturated rings. The van der Waals surface area contributed by atoms with E-state index in [9.17, 15) is 24.0 Å². The quantitative estimate of drug-likeness (QED) is 0.123. The molecule has 2 aliphatic rings. The lowest BCUT2D eigenvalue weighted by Crippen LogP contribution is -2.54. The minimum atomic E-state index is -0.983. The molecule has 11 nitrogen and oxygen atoms in total. The molecule has 3 N–H and O–H groups in total. The van der Waals surface area contributed by atoms with E-state index in [2.05, 4.69) is 22.5 Å². The van der Waals surface area contributed by atoms with Crippen LogP contribution in [0.2, 0.25) is 0 Å². The number of likely N-dealkylation sites (tertiary alicyclic amines) is 1. The smallest absolute Gasteiger partial charge is 0.289 e. The van der Waals surface area contributed by atoms with Crippen molar-refractivity contribution >= 4 is 29.4 Å². The predicted molar refractivity (Wildman–Crippen MR) is 182 cm³/mol. The lowest BCUT2D eigenvalue weighted by atomic mass is 10.0. The Hall–Kier alpha value is -3.73. The fourth-order valence-electron chi connectivity index (χ4n) is 5.58. The molecule has 47 heavy (non-hydrogen) atoms. The topological polar surface area (TPSA) is 143 Å². The number of amides is 4. The summed E-state index contributed by atoms with van der Waals surface area (Å²) in [7, 11) is 1.68. The van der Waals surface area contributed by atoms with Crippen molar-refractivity contribution in [3.8, 4) is 5.75 Å². The molecule has 1 aromatic carbocycles. The summed E-state index contributed by atoms with van der Waals surface area (Å²) in [6, 6.07) is 5.50. The minimum absolute atomic E-state index is 0.0732. The Labute approximate surface area is 280 Å². The average molecular weight is 657 g/mol. The van der Waals surface area contributed by atoms with Crippen LogP contribution in [0.4, 0.5) is 0 Å². The Kier molecular flexibility index (Phi) is 19.1. The molecule has 1 aromatic rings. The zero-order valence-corrected chi connectivity index (χ0v) is 28.7. The molecular formula is C36H56N4O7. The van der Waals surface area contributed by atoms with Crippen molar-refractivity contribution in [1.29, 1.82) is 0 Å². The van der Waals surface area contributed by atoms with Crippen molar-refractivity contribution in [2.45, 2.75) is 116 Å². The van der Waals surface area contributed by atoms with Crippen molar-refractivity contribution in [1.82, 2.24) is 20.9 Å². The van der Waals surface area contributed by atoms with Gasteiger partial charge in [-0.15, -0.1) is 6.58 Å². The van der Waals surface area contributed by atoms with E-state index in [0.29, 0.717) is 44.6 Å². The number of methoxy groups -OCH3 is 1. The summed E-state index contributed by atoms with van der Waals surface area (Å²) in [5.74, 6) is -2.07. The zero-order valence-electron chi connectivity index (χ0n) is 28.7. The molecule has 0 radical (unpaired) electrons. The first-order valence-corrected chi connectivity index (χ1v) is 17.2. The molecular weight excluding hydrogens is 600 g/mol. The highest BCUT2D eigenvalue weighted by Gasteiger charge is 2.36. The van der Waals surface area contributed by atoms with E-state index < -0.39 is 29.7 Å². The van der Waals surface area contributed by atoms with Gasteiger partial charge >= 0.3 is 0 Å². The van der Waals surface area contributed by atoms with E-state index in [0.717, 1.165) is 18.4 Å². The highest BCUT2D eigenvalue weighted by atomic mass is 16.5. The van der Waals surface area contributed by atoms with Crippen LogP contribution in [-0.4, -0.2) is 85.9 Å². The lowest BCUT2D eigenvalue weighted by molar-refractivity contribution is -0.142. The monoisotopic (exact) mass is 656 g/mol. The van der Waals surface area contributed by atoms with Crippen molar-refractivity contribution in [2.75, 3.05) is 33.4 Å². The number of carbonyl (C=O) groups excluding carboxylic acids is 5. The molecule has 1 aliphatic heterocycles. The molecule has 3 atom stereocenters. The highest BCUT2D eigenvalue weighted by Crippen LogP contribution is 2.19. The number of rotatable bonds is 18. The van der Waals surface area contributed by atoms with Gasteiger partial charge in [0.25, 0.3) is 5.91 Å². The number of ether oxygens (including phenoxy) is 2. The standard InChI is InChI=1S/C30H44N4O7.C6H12/c1-5-10-24(28(37)30(39)31-15-6-2)33-29(38)25-14-8-16-34(25)27(36)20-32-26(35)19-22-12-7-13-23(18-22)41-17-9-11-21(3)40-4;1-2-4-6-5-3-1/h6-7,12-13,18,21,24-25H,2,5,8-11,14-17,19-20H2,1,3-4H3,(H,31,39)(H,32,35)(H,33,38);1-6H2. The largest absolute Gasteiger partial charge is 0.494 e. The van der Waals surface area contributed by atoms with Crippen LogP contribution in [0, 0.1) is 0 Å². The van der Waals surface area contributed by atoms with Gasteiger partial charge in [0.15, 0.2) is 0 Å². The molecule has 1 saturated heterocycles. The SMILES string of the molecule is C1CCCCC1.C=CCNC(=O)C(=O)C(CCC)NC(=O)C1CCCN1C(=O)CNC(=O)Cc1cccc(OCCCC(C)OC)c1. The van der Waals surface area contributed by atoms with Crippen LogP contribution in [0.3, 0.4) is 0 Å². The van der Waals surface area contributed by atoms with Crippen molar-refractivity contribution < 1.29 is 33.4 Å². The molecule has 262 valence electrons. The number of benzene rings is 1. The Balaban J connectivity index is 0.00000114. The van der Waals surface area contributed by atoms with E-state index >= 15 is 0 Å². The number of hydrogen-bond donors (Lipinski definition) is 3. The van der Waals surface area contributed by atoms with Gasteiger partial charge in [-0.1, -0.05) is 70.1 Å². The highest BCUT2D eigenvalue weighted by molar-refractivity contribution is 6.38. The number of carbonyl (C=O) groups is 5. The Morgan fingerprint density at radius 2 is 1.72 bits per heavy atom. The van der Waals surface area contributed by atoms with E-state index in [-0.39, 0.29) is 37.4 Å². The van der Waals surface area contributed by atoms with Gasteiger partial charge in [0.1, 0.15) is 11.8 Å². The first kappa shape index (κ1) is 39.4. The van der Waals surface area contributed by atoms with Gasteiger partial charge in [0.05, 0.1) is 31.7 Å². The maximum Gasteiger partial charge on any atom is 0.289 e. The summed E-state index contributed by atoms with van der Waals surface area (Å²) in [5, 5.41) is 7.73. The summed E-state index contributed by atoms with van der Waals surface area (Å²) in [5.41, 5.74) is 0.750. The molecule has 3 rings (SSSR count). The lowest BCUT2D eigenvalue weighted by Gasteiger charge is -2.26. The van der Waals surface area contributed by atoms with Crippen LogP contribution in [0.1, 0.15) is 96.5 Å². The third kappa shape index (κ3) is 15.1.